The van der Waals surface area contributed by atoms with E-state index in [-0.39, 0.29) is 0 Å². The van der Waals surface area contributed by atoms with E-state index in [1.165, 1.54) is 30.4 Å². The van der Waals surface area contributed by atoms with Crippen molar-refractivity contribution in [2.75, 3.05) is 0 Å². The molecule has 1 aliphatic carbocycles. The van der Waals surface area contributed by atoms with Crippen molar-refractivity contribution in [3.05, 3.63) is 53.1 Å². The molecule has 0 saturated heterocycles. The summed E-state index contributed by atoms with van der Waals surface area (Å²) in [4.78, 5) is 0. The maximum absolute atomic E-state index is 2.27. The van der Waals surface area contributed by atoms with E-state index in [9.17, 15) is 0 Å². The molecule has 0 atom stereocenters. The molecule has 1 aliphatic rings. The summed E-state index contributed by atoms with van der Waals surface area (Å²) in [5.74, 6) is 0. The van der Waals surface area contributed by atoms with E-state index in [2.05, 4.69) is 50.3 Å². The van der Waals surface area contributed by atoms with Crippen LogP contribution < -0.4 is 0 Å². The minimum atomic E-state index is 1.26. The highest BCUT2D eigenvalue weighted by Gasteiger charge is 2.14. The normalized spacial score (nSPS) is 16.0. The van der Waals surface area contributed by atoms with Crippen LogP contribution in [0.5, 0.6) is 0 Å². The zero-order valence-electron chi connectivity index (χ0n) is 9.59. The predicted molar refractivity (Wildman–Crippen MR) is 66.9 cm³/mol. The molecular weight excluding hydrogens is 180 g/mol. The van der Waals surface area contributed by atoms with Crippen LogP contribution in [-0.4, -0.2) is 0 Å². The summed E-state index contributed by atoms with van der Waals surface area (Å²) in [6.45, 7) is 4.26. The van der Waals surface area contributed by atoms with Crippen molar-refractivity contribution in [2.45, 2.75) is 33.1 Å². The van der Waals surface area contributed by atoms with Crippen molar-refractivity contribution < 1.29 is 0 Å². The van der Waals surface area contributed by atoms with Crippen LogP contribution >= 0.6 is 0 Å². The number of fused-ring (bicyclic) bond motifs is 1. The van der Waals surface area contributed by atoms with Gasteiger partial charge in [-0.15, -0.1) is 0 Å². The Balaban J connectivity index is 2.41. The average Bonchev–Trinajstić information content (AvgIpc) is 2.73. The standard InChI is InChI=1S/C15H18/c1-3-4-7-12(2)14-10-5-8-13-9-6-11-15(13)14/h3-5,7-8,10H,6,9,11H2,1-2H3/b4-3-,12-7+. The van der Waals surface area contributed by atoms with Gasteiger partial charge in [-0.25, -0.2) is 0 Å². The number of hydrogen-bond acceptors (Lipinski definition) is 0. The van der Waals surface area contributed by atoms with Crippen molar-refractivity contribution in [2.24, 2.45) is 0 Å². The first-order valence-electron chi connectivity index (χ1n) is 5.73. The SMILES string of the molecule is C/C=C\C=C(/C)c1cccc2c1CCC2. The van der Waals surface area contributed by atoms with Crippen LogP contribution in [0.4, 0.5) is 0 Å². The topological polar surface area (TPSA) is 0 Å². The van der Waals surface area contributed by atoms with E-state index in [4.69, 9.17) is 0 Å². The van der Waals surface area contributed by atoms with E-state index in [0.717, 1.165) is 0 Å². The van der Waals surface area contributed by atoms with Crippen molar-refractivity contribution in [3.63, 3.8) is 0 Å². The second-order valence-corrected chi connectivity index (χ2v) is 4.17. The first-order chi connectivity index (χ1) is 7.33. The fourth-order valence-electron chi connectivity index (χ4n) is 2.32. The highest BCUT2D eigenvalue weighted by atomic mass is 14.2. The van der Waals surface area contributed by atoms with Crippen molar-refractivity contribution >= 4 is 5.57 Å². The summed E-state index contributed by atoms with van der Waals surface area (Å²) < 4.78 is 0. The maximum atomic E-state index is 2.27. The monoisotopic (exact) mass is 198 g/mol. The second kappa shape index (κ2) is 4.48. The third-order valence-electron chi connectivity index (χ3n) is 3.11. The van der Waals surface area contributed by atoms with Crippen LogP contribution in [0.1, 0.15) is 37.0 Å². The minimum Gasteiger partial charge on any atom is -0.0877 e. The van der Waals surface area contributed by atoms with Crippen LogP contribution in [0, 0.1) is 0 Å². The molecule has 0 unspecified atom stereocenters. The summed E-state index contributed by atoms with van der Waals surface area (Å²) in [6.07, 6.45) is 10.2. The molecule has 0 heteroatoms. The van der Waals surface area contributed by atoms with Gasteiger partial charge in [0.15, 0.2) is 0 Å². The fraction of sp³-hybridized carbons (Fsp3) is 0.333. The van der Waals surface area contributed by atoms with Crippen LogP contribution in [0.25, 0.3) is 5.57 Å². The molecule has 0 aromatic heterocycles. The molecule has 15 heavy (non-hydrogen) atoms. The summed E-state index contributed by atoms with van der Waals surface area (Å²) in [5.41, 5.74) is 5.96. The molecule has 2 rings (SSSR count). The summed E-state index contributed by atoms with van der Waals surface area (Å²) >= 11 is 0. The molecule has 78 valence electrons. The Morgan fingerprint density at radius 3 is 2.93 bits per heavy atom. The zero-order valence-corrected chi connectivity index (χ0v) is 9.59. The van der Waals surface area contributed by atoms with Crippen LogP contribution in [0.2, 0.25) is 0 Å². The van der Waals surface area contributed by atoms with Crippen molar-refractivity contribution in [1.82, 2.24) is 0 Å². The van der Waals surface area contributed by atoms with Gasteiger partial charge in [-0.1, -0.05) is 36.4 Å². The van der Waals surface area contributed by atoms with Gasteiger partial charge in [0, 0.05) is 0 Å². The third kappa shape index (κ3) is 2.04. The van der Waals surface area contributed by atoms with Gasteiger partial charge in [0.05, 0.1) is 0 Å². The van der Waals surface area contributed by atoms with Gasteiger partial charge in [-0.3, -0.25) is 0 Å². The van der Waals surface area contributed by atoms with Gasteiger partial charge in [-0.2, -0.15) is 0 Å². The lowest BCUT2D eigenvalue weighted by molar-refractivity contribution is 0.911. The van der Waals surface area contributed by atoms with E-state index in [1.54, 1.807) is 11.1 Å². The Kier molecular flexibility index (Phi) is 3.05. The predicted octanol–water partition coefficient (Wildman–Crippen LogP) is 4.15. The molecule has 0 radical (unpaired) electrons. The molecule has 0 spiro atoms. The largest absolute Gasteiger partial charge is 0.0877 e. The third-order valence-corrected chi connectivity index (χ3v) is 3.11. The molecule has 0 amide bonds. The summed E-state index contributed by atoms with van der Waals surface area (Å²) in [7, 11) is 0. The van der Waals surface area contributed by atoms with Gasteiger partial charge in [0.25, 0.3) is 0 Å². The van der Waals surface area contributed by atoms with E-state index < -0.39 is 0 Å². The number of aryl methyl sites for hydroxylation is 1. The molecule has 0 fully saturated rings. The van der Waals surface area contributed by atoms with Gasteiger partial charge in [-0.05, 0) is 55.4 Å². The van der Waals surface area contributed by atoms with Crippen LogP contribution in [-0.2, 0) is 12.8 Å². The molecule has 0 heterocycles. The first-order valence-corrected chi connectivity index (χ1v) is 5.73. The second-order valence-electron chi connectivity index (χ2n) is 4.17. The highest BCUT2D eigenvalue weighted by molar-refractivity contribution is 5.69. The lowest BCUT2D eigenvalue weighted by Crippen LogP contribution is -1.90. The smallest absolute Gasteiger partial charge is 0.0192 e. The Labute approximate surface area is 92.3 Å². The lowest BCUT2D eigenvalue weighted by atomic mass is 9.97. The summed E-state index contributed by atoms with van der Waals surface area (Å²) in [5, 5.41) is 0. The molecule has 0 bridgehead atoms. The summed E-state index contributed by atoms with van der Waals surface area (Å²) in [6, 6.07) is 6.71. The average molecular weight is 198 g/mol. The highest BCUT2D eigenvalue weighted by Crippen LogP contribution is 2.29. The zero-order chi connectivity index (χ0) is 10.7. The number of allylic oxidation sites excluding steroid dienone is 4. The van der Waals surface area contributed by atoms with Gasteiger partial charge < -0.3 is 0 Å². The fourth-order valence-corrected chi connectivity index (χ4v) is 2.32. The Hall–Kier alpha value is -1.30. The van der Waals surface area contributed by atoms with Crippen LogP contribution in [0.15, 0.2) is 36.4 Å². The minimum absolute atomic E-state index is 1.26. The Morgan fingerprint density at radius 2 is 2.13 bits per heavy atom. The molecule has 0 nitrogen and oxygen atoms in total. The first kappa shape index (κ1) is 10.2. The Bertz CT molecular complexity index is 408. The van der Waals surface area contributed by atoms with Crippen LogP contribution in [0.3, 0.4) is 0 Å². The number of benzene rings is 1. The molecule has 0 aliphatic heterocycles. The molecule has 1 aromatic carbocycles. The number of rotatable bonds is 2. The molecule has 0 N–H and O–H groups in total. The van der Waals surface area contributed by atoms with E-state index in [0.29, 0.717) is 0 Å². The lowest BCUT2D eigenvalue weighted by Gasteiger charge is -2.08. The Morgan fingerprint density at radius 1 is 1.27 bits per heavy atom. The van der Waals surface area contributed by atoms with Crippen molar-refractivity contribution in [1.29, 1.82) is 0 Å². The molecule has 1 aromatic rings. The van der Waals surface area contributed by atoms with Crippen molar-refractivity contribution in [3.8, 4) is 0 Å². The van der Waals surface area contributed by atoms with Gasteiger partial charge in [0.2, 0.25) is 0 Å². The molecular formula is C15H18. The van der Waals surface area contributed by atoms with Gasteiger partial charge in [0.1, 0.15) is 0 Å². The number of hydrogen-bond donors (Lipinski definition) is 0. The van der Waals surface area contributed by atoms with E-state index >= 15 is 0 Å². The van der Waals surface area contributed by atoms with Gasteiger partial charge >= 0.3 is 0 Å². The molecule has 0 saturated carbocycles. The maximum Gasteiger partial charge on any atom is -0.0192 e. The van der Waals surface area contributed by atoms with E-state index in [1.807, 2.05) is 0 Å². The quantitative estimate of drug-likeness (QED) is 0.626.